The van der Waals surface area contributed by atoms with Crippen LogP contribution in [0.2, 0.25) is 0 Å². The molecule has 1 heterocycles. The number of likely N-dealkylation sites (N-methyl/N-ethyl adjacent to an activating group) is 1. The molecule has 3 rings (SSSR count). The van der Waals surface area contributed by atoms with Gasteiger partial charge in [0.15, 0.2) is 0 Å². The van der Waals surface area contributed by atoms with Gasteiger partial charge in [0.25, 0.3) is 0 Å². The summed E-state index contributed by atoms with van der Waals surface area (Å²) < 4.78 is 6.99. The van der Waals surface area contributed by atoms with Crippen LogP contribution in [0.15, 0.2) is 36.7 Å². The molecule has 1 N–H and O–H groups in total. The molecule has 0 aliphatic heterocycles. The maximum Gasteiger partial charge on any atom is 0.234 e. The van der Waals surface area contributed by atoms with E-state index in [0.29, 0.717) is 12.6 Å². The molecule has 0 saturated heterocycles. The molecule has 1 fully saturated rings. The molecule has 0 unspecified atom stereocenters. The van der Waals surface area contributed by atoms with E-state index in [-0.39, 0.29) is 11.9 Å². The van der Waals surface area contributed by atoms with E-state index in [4.69, 9.17) is 4.74 Å². The van der Waals surface area contributed by atoms with Crippen LogP contribution in [-0.4, -0.2) is 47.3 Å². The fourth-order valence-electron chi connectivity index (χ4n) is 3.51. The van der Waals surface area contributed by atoms with E-state index in [2.05, 4.69) is 15.3 Å². The molecule has 6 heteroatoms. The van der Waals surface area contributed by atoms with Crippen molar-refractivity contribution in [1.29, 1.82) is 0 Å². The molecule has 140 valence electrons. The van der Waals surface area contributed by atoms with E-state index >= 15 is 0 Å². The number of carbonyl (C=O) groups excluding carboxylic acids is 1. The summed E-state index contributed by atoms with van der Waals surface area (Å²) in [5.41, 5.74) is 1.94. The van der Waals surface area contributed by atoms with E-state index in [0.717, 1.165) is 17.0 Å². The molecule has 1 atom stereocenters. The minimum atomic E-state index is -0.0773. The van der Waals surface area contributed by atoms with Gasteiger partial charge < -0.3 is 10.1 Å². The van der Waals surface area contributed by atoms with Crippen molar-refractivity contribution in [2.75, 3.05) is 20.7 Å². The maximum absolute atomic E-state index is 12.3. The number of carbonyl (C=O) groups is 1. The summed E-state index contributed by atoms with van der Waals surface area (Å²) in [5.74, 6) is 0.872. The van der Waals surface area contributed by atoms with Crippen molar-refractivity contribution in [3.63, 3.8) is 0 Å². The van der Waals surface area contributed by atoms with Gasteiger partial charge in [0.05, 0.1) is 31.6 Å². The van der Waals surface area contributed by atoms with Crippen LogP contribution in [0.1, 0.15) is 44.2 Å². The molecule has 0 spiro atoms. The van der Waals surface area contributed by atoms with Crippen LogP contribution in [0.4, 0.5) is 0 Å². The van der Waals surface area contributed by atoms with Crippen molar-refractivity contribution in [1.82, 2.24) is 20.0 Å². The number of aromatic nitrogens is 2. The van der Waals surface area contributed by atoms with Crippen LogP contribution in [0, 0.1) is 0 Å². The van der Waals surface area contributed by atoms with E-state index in [1.807, 2.05) is 49.1 Å². The standard InChI is InChI=1S/C20H28N4O2/c1-15(22-20(25)14-23(2)17-6-4-5-7-17)16-12-21-24(13-16)18-8-10-19(26-3)11-9-18/h8-13,15,17H,4-7,14H2,1-3H3,(H,22,25)/t15-/m0/s1. The number of methoxy groups -OCH3 is 1. The third-order valence-corrected chi connectivity index (χ3v) is 5.16. The van der Waals surface area contributed by atoms with Crippen molar-refractivity contribution in [3.8, 4) is 11.4 Å². The van der Waals surface area contributed by atoms with Gasteiger partial charge in [0, 0.05) is 17.8 Å². The van der Waals surface area contributed by atoms with Crippen LogP contribution >= 0.6 is 0 Å². The van der Waals surface area contributed by atoms with Gasteiger partial charge in [-0.2, -0.15) is 5.10 Å². The Morgan fingerprint density at radius 1 is 1.35 bits per heavy atom. The second-order valence-corrected chi connectivity index (χ2v) is 7.06. The zero-order valence-corrected chi connectivity index (χ0v) is 15.8. The highest BCUT2D eigenvalue weighted by Crippen LogP contribution is 2.22. The third kappa shape index (κ3) is 4.43. The summed E-state index contributed by atoms with van der Waals surface area (Å²) in [4.78, 5) is 14.5. The summed E-state index contributed by atoms with van der Waals surface area (Å²) in [6, 6.07) is 8.19. The molecule has 26 heavy (non-hydrogen) atoms. The zero-order valence-electron chi connectivity index (χ0n) is 15.8. The fourth-order valence-corrected chi connectivity index (χ4v) is 3.51. The first-order chi connectivity index (χ1) is 12.6. The monoisotopic (exact) mass is 356 g/mol. The van der Waals surface area contributed by atoms with Gasteiger partial charge in [-0.25, -0.2) is 4.68 Å². The molecular weight excluding hydrogens is 328 g/mol. The summed E-state index contributed by atoms with van der Waals surface area (Å²) in [6.45, 7) is 2.43. The Balaban J connectivity index is 1.56. The number of ether oxygens (including phenoxy) is 1. The van der Waals surface area contributed by atoms with Crippen LogP contribution < -0.4 is 10.1 Å². The number of hydrogen-bond acceptors (Lipinski definition) is 4. The minimum Gasteiger partial charge on any atom is -0.497 e. The average molecular weight is 356 g/mol. The molecule has 0 radical (unpaired) electrons. The first kappa shape index (κ1) is 18.5. The summed E-state index contributed by atoms with van der Waals surface area (Å²) in [7, 11) is 3.69. The lowest BCUT2D eigenvalue weighted by atomic mass is 10.2. The number of hydrogen-bond donors (Lipinski definition) is 1. The number of nitrogens with zero attached hydrogens (tertiary/aromatic N) is 3. The summed E-state index contributed by atoms with van der Waals surface area (Å²) in [5, 5.41) is 7.49. The Bertz CT molecular complexity index is 720. The number of amides is 1. The van der Waals surface area contributed by atoms with Crippen molar-refractivity contribution in [2.24, 2.45) is 0 Å². The van der Waals surface area contributed by atoms with E-state index in [1.165, 1.54) is 25.7 Å². The lowest BCUT2D eigenvalue weighted by molar-refractivity contribution is -0.123. The second kappa shape index (κ2) is 8.36. The molecule has 1 amide bonds. The Morgan fingerprint density at radius 2 is 2.04 bits per heavy atom. The van der Waals surface area contributed by atoms with Crippen molar-refractivity contribution in [3.05, 3.63) is 42.2 Å². The van der Waals surface area contributed by atoms with Gasteiger partial charge in [0.2, 0.25) is 5.91 Å². The predicted molar refractivity (Wildman–Crippen MR) is 102 cm³/mol. The van der Waals surface area contributed by atoms with Crippen molar-refractivity contribution < 1.29 is 9.53 Å². The van der Waals surface area contributed by atoms with Crippen LogP contribution in [-0.2, 0) is 4.79 Å². The quantitative estimate of drug-likeness (QED) is 0.829. The van der Waals surface area contributed by atoms with Gasteiger partial charge in [0.1, 0.15) is 5.75 Å². The molecular formula is C20H28N4O2. The number of rotatable bonds is 7. The normalized spacial score (nSPS) is 16.0. The first-order valence-corrected chi connectivity index (χ1v) is 9.25. The largest absolute Gasteiger partial charge is 0.497 e. The molecule has 0 bridgehead atoms. The summed E-state index contributed by atoms with van der Waals surface area (Å²) in [6.07, 6.45) is 8.71. The lowest BCUT2D eigenvalue weighted by Crippen LogP contribution is -2.40. The van der Waals surface area contributed by atoms with Gasteiger partial charge in [-0.3, -0.25) is 9.69 Å². The van der Waals surface area contributed by atoms with Crippen molar-refractivity contribution in [2.45, 2.75) is 44.7 Å². The molecule has 1 aliphatic rings. The first-order valence-electron chi connectivity index (χ1n) is 9.25. The Kier molecular flexibility index (Phi) is 5.93. The second-order valence-electron chi connectivity index (χ2n) is 7.06. The van der Waals surface area contributed by atoms with Crippen molar-refractivity contribution >= 4 is 5.91 Å². The van der Waals surface area contributed by atoms with Gasteiger partial charge in [-0.1, -0.05) is 12.8 Å². The Hall–Kier alpha value is -2.34. The van der Waals surface area contributed by atoms with Gasteiger partial charge in [-0.05, 0) is 51.1 Å². The number of nitrogens with one attached hydrogen (secondary N) is 1. The molecule has 1 aliphatic carbocycles. The van der Waals surface area contributed by atoms with Gasteiger partial charge >= 0.3 is 0 Å². The summed E-state index contributed by atoms with van der Waals surface area (Å²) >= 11 is 0. The highest BCUT2D eigenvalue weighted by Gasteiger charge is 2.22. The van der Waals surface area contributed by atoms with E-state index in [1.54, 1.807) is 13.3 Å². The fraction of sp³-hybridized carbons (Fsp3) is 0.500. The molecule has 6 nitrogen and oxygen atoms in total. The molecule has 2 aromatic rings. The lowest BCUT2D eigenvalue weighted by Gasteiger charge is -2.24. The smallest absolute Gasteiger partial charge is 0.234 e. The zero-order chi connectivity index (χ0) is 18.5. The Labute approximate surface area is 155 Å². The van der Waals surface area contributed by atoms with Crippen LogP contribution in [0.25, 0.3) is 5.69 Å². The molecule has 1 saturated carbocycles. The maximum atomic E-state index is 12.3. The Morgan fingerprint density at radius 3 is 2.69 bits per heavy atom. The van der Waals surface area contributed by atoms with Gasteiger partial charge in [-0.15, -0.1) is 0 Å². The average Bonchev–Trinajstić information content (AvgIpc) is 3.33. The van der Waals surface area contributed by atoms with E-state index < -0.39 is 0 Å². The molecule has 1 aromatic carbocycles. The van der Waals surface area contributed by atoms with E-state index in [9.17, 15) is 4.79 Å². The SMILES string of the molecule is COc1ccc(-n2cc([C@H](C)NC(=O)CN(C)C3CCCC3)cn2)cc1. The van der Waals surface area contributed by atoms with Crippen LogP contribution in [0.3, 0.4) is 0 Å². The topological polar surface area (TPSA) is 59.4 Å². The highest BCUT2D eigenvalue weighted by atomic mass is 16.5. The highest BCUT2D eigenvalue weighted by molar-refractivity contribution is 5.78. The van der Waals surface area contributed by atoms with Crippen LogP contribution in [0.5, 0.6) is 5.75 Å². The number of benzene rings is 1. The predicted octanol–water partition coefficient (Wildman–Crippen LogP) is 2.93. The minimum absolute atomic E-state index is 0.0593. The third-order valence-electron chi connectivity index (χ3n) is 5.16. The molecule has 1 aromatic heterocycles.